The van der Waals surface area contributed by atoms with E-state index in [-0.39, 0.29) is 18.4 Å². The minimum atomic E-state index is -0.0847. The van der Waals surface area contributed by atoms with E-state index in [1.54, 1.807) is 0 Å². The van der Waals surface area contributed by atoms with E-state index in [2.05, 4.69) is 16.0 Å². The Morgan fingerprint density at radius 2 is 1.75 bits per heavy atom. The highest BCUT2D eigenvalue weighted by Gasteiger charge is 2.05. The molecule has 5 heteroatoms. The van der Waals surface area contributed by atoms with E-state index in [9.17, 15) is 9.59 Å². The van der Waals surface area contributed by atoms with Crippen LogP contribution in [0.4, 0.5) is 11.4 Å². The van der Waals surface area contributed by atoms with Crippen molar-refractivity contribution in [1.29, 1.82) is 0 Å². The molecule has 0 saturated carbocycles. The van der Waals surface area contributed by atoms with Gasteiger partial charge in [-0.05, 0) is 30.2 Å². The van der Waals surface area contributed by atoms with Crippen LogP contribution in [0.15, 0.2) is 48.5 Å². The second-order valence-corrected chi connectivity index (χ2v) is 5.55. The van der Waals surface area contributed by atoms with Gasteiger partial charge in [-0.25, -0.2) is 0 Å². The minimum Gasteiger partial charge on any atom is -0.376 e. The summed E-state index contributed by atoms with van der Waals surface area (Å²) in [4.78, 5) is 23.5. The number of anilines is 2. The van der Waals surface area contributed by atoms with E-state index >= 15 is 0 Å². The summed E-state index contributed by atoms with van der Waals surface area (Å²) in [5.41, 5.74) is 3.60. The largest absolute Gasteiger partial charge is 0.376 e. The van der Waals surface area contributed by atoms with E-state index < -0.39 is 0 Å². The quantitative estimate of drug-likeness (QED) is 0.733. The lowest BCUT2D eigenvalue weighted by Gasteiger charge is -2.12. The third-order valence-corrected chi connectivity index (χ3v) is 3.62. The van der Waals surface area contributed by atoms with Gasteiger partial charge in [0.05, 0.1) is 6.54 Å². The predicted octanol–water partition coefficient (Wildman–Crippen LogP) is 3.07. The summed E-state index contributed by atoms with van der Waals surface area (Å²) in [7, 11) is 0. The number of carbonyl (C=O) groups excluding carboxylic acids is 2. The molecule has 2 rings (SSSR count). The molecule has 0 aliphatic rings. The third-order valence-electron chi connectivity index (χ3n) is 3.62. The van der Waals surface area contributed by atoms with Crippen molar-refractivity contribution >= 4 is 23.2 Å². The Hall–Kier alpha value is -2.82. The first-order chi connectivity index (χ1) is 11.6. The average Bonchev–Trinajstić information content (AvgIpc) is 2.61. The lowest BCUT2D eigenvalue weighted by atomic mass is 10.1. The zero-order valence-corrected chi connectivity index (χ0v) is 14.1. The van der Waals surface area contributed by atoms with Gasteiger partial charge >= 0.3 is 0 Å². The number of nitrogens with one attached hydrogen (secondary N) is 3. The first-order valence-corrected chi connectivity index (χ1v) is 8.03. The van der Waals surface area contributed by atoms with Crippen LogP contribution in [0.1, 0.15) is 24.5 Å². The van der Waals surface area contributed by atoms with Crippen LogP contribution in [-0.2, 0) is 16.1 Å². The number of amides is 2. The van der Waals surface area contributed by atoms with Crippen molar-refractivity contribution in [2.24, 2.45) is 0 Å². The second kappa shape index (κ2) is 8.72. The molecule has 3 N–H and O–H groups in total. The number of rotatable bonds is 7. The number of carbonyl (C=O) groups is 2. The van der Waals surface area contributed by atoms with Gasteiger partial charge in [-0.15, -0.1) is 0 Å². The molecule has 0 atom stereocenters. The van der Waals surface area contributed by atoms with Crippen molar-refractivity contribution in [2.45, 2.75) is 26.8 Å². The van der Waals surface area contributed by atoms with Gasteiger partial charge in [0, 0.05) is 24.3 Å². The van der Waals surface area contributed by atoms with Crippen molar-refractivity contribution in [3.05, 3.63) is 59.7 Å². The summed E-state index contributed by atoms with van der Waals surface area (Å²) in [6.45, 7) is 4.43. The average molecular weight is 325 g/mol. The molecule has 0 radical (unpaired) electrons. The van der Waals surface area contributed by atoms with E-state index in [4.69, 9.17) is 0 Å². The molecule has 24 heavy (non-hydrogen) atoms. The van der Waals surface area contributed by atoms with Gasteiger partial charge in [-0.2, -0.15) is 0 Å². The molecule has 0 saturated heterocycles. The zero-order chi connectivity index (χ0) is 17.4. The van der Waals surface area contributed by atoms with E-state index in [1.165, 1.54) is 0 Å². The van der Waals surface area contributed by atoms with Crippen molar-refractivity contribution in [3.63, 3.8) is 0 Å². The number of hydrogen-bond donors (Lipinski definition) is 3. The molecular weight excluding hydrogens is 302 g/mol. The Bertz CT molecular complexity index is 699. The second-order valence-electron chi connectivity index (χ2n) is 5.55. The Morgan fingerprint density at radius 3 is 2.46 bits per heavy atom. The van der Waals surface area contributed by atoms with Crippen molar-refractivity contribution in [2.75, 3.05) is 17.2 Å². The molecule has 0 bridgehead atoms. The van der Waals surface area contributed by atoms with Crippen LogP contribution < -0.4 is 16.0 Å². The highest BCUT2D eigenvalue weighted by molar-refractivity contribution is 5.92. The lowest BCUT2D eigenvalue weighted by Crippen LogP contribution is -2.29. The molecule has 0 spiro atoms. The number of aryl methyl sites for hydroxylation is 1. The fourth-order valence-corrected chi connectivity index (χ4v) is 2.15. The maximum Gasteiger partial charge on any atom is 0.239 e. The molecule has 0 aromatic heterocycles. The summed E-state index contributed by atoms with van der Waals surface area (Å²) < 4.78 is 0. The van der Waals surface area contributed by atoms with E-state index in [0.29, 0.717) is 13.0 Å². The Labute approximate surface area is 142 Å². The highest BCUT2D eigenvalue weighted by Crippen LogP contribution is 2.20. The molecule has 2 aromatic carbocycles. The SMILES string of the molecule is CCC(=O)Nc1cc(NCC(=O)NCc2ccccc2)ccc1C. The minimum absolute atomic E-state index is 0.0316. The smallest absolute Gasteiger partial charge is 0.239 e. The summed E-state index contributed by atoms with van der Waals surface area (Å²) in [5.74, 6) is -0.116. The monoisotopic (exact) mass is 325 g/mol. The molecule has 0 heterocycles. The van der Waals surface area contributed by atoms with E-state index in [0.717, 1.165) is 22.5 Å². The molecule has 0 fully saturated rings. The molecular formula is C19H23N3O2. The van der Waals surface area contributed by atoms with Gasteiger partial charge in [-0.1, -0.05) is 43.3 Å². The van der Waals surface area contributed by atoms with Gasteiger partial charge in [0.1, 0.15) is 0 Å². The van der Waals surface area contributed by atoms with Crippen molar-refractivity contribution < 1.29 is 9.59 Å². The van der Waals surface area contributed by atoms with E-state index in [1.807, 2.05) is 62.4 Å². The van der Waals surface area contributed by atoms with Gasteiger partial charge < -0.3 is 16.0 Å². The molecule has 0 aliphatic carbocycles. The Morgan fingerprint density at radius 1 is 1.00 bits per heavy atom. The van der Waals surface area contributed by atoms with Gasteiger partial charge in [0.2, 0.25) is 11.8 Å². The molecule has 2 amide bonds. The molecule has 2 aromatic rings. The van der Waals surface area contributed by atoms with Gasteiger partial charge in [-0.3, -0.25) is 9.59 Å². The van der Waals surface area contributed by atoms with Crippen LogP contribution in [0.2, 0.25) is 0 Å². The van der Waals surface area contributed by atoms with Crippen LogP contribution in [0.25, 0.3) is 0 Å². The van der Waals surface area contributed by atoms with Crippen molar-refractivity contribution in [1.82, 2.24) is 5.32 Å². The number of hydrogen-bond acceptors (Lipinski definition) is 3. The fraction of sp³-hybridized carbons (Fsp3) is 0.263. The van der Waals surface area contributed by atoms with Crippen LogP contribution in [0.3, 0.4) is 0 Å². The highest BCUT2D eigenvalue weighted by atomic mass is 16.2. The normalized spacial score (nSPS) is 10.1. The fourth-order valence-electron chi connectivity index (χ4n) is 2.15. The summed E-state index contributed by atoms with van der Waals surface area (Å²) in [5, 5.41) is 8.80. The summed E-state index contributed by atoms with van der Waals surface area (Å²) in [6.07, 6.45) is 0.430. The van der Waals surface area contributed by atoms with Crippen LogP contribution in [0.5, 0.6) is 0 Å². The van der Waals surface area contributed by atoms with Crippen LogP contribution in [0, 0.1) is 6.92 Å². The Balaban J connectivity index is 1.86. The van der Waals surface area contributed by atoms with Crippen LogP contribution in [-0.4, -0.2) is 18.4 Å². The first kappa shape index (κ1) is 17.5. The topological polar surface area (TPSA) is 70.2 Å². The summed E-state index contributed by atoms with van der Waals surface area (Å²) >= 11 is 0. The molecule has 126 valence electrons. The standard InChI is InChI=1S/C19H23N3O2/c1-3-18(23)22-17-11-16(10-9-14(17)2)20-13-19(24)21-12-15-7-5-4-6-8-15/h4-11,20H,3,12-13H2,1-2H3,(H,21,24)(H,22,23). The summed E-state index contributed by atoms with van der Waals surface area (Å²) in [6, 6.07) is 15.4. The number of benzene rings is 2. The molecule has 5 nitrogen and oxygen atoms in total. The van der Waals surface area contributed by atoms with Gasteiger partial charge in [0.25, 0.3) is 0 Å². The molecule has 0 aliphatic heterocycles. The van der Waals surface area contributed by atoms with Crippen LogP contribution >= 0.6 is 0 Å². The maximum atomic E-state index is 11.9. The zero-order valence-electron chi connectivity index (χ0n) is 14.1. The Kier molecular flexibility index (Phi) is 6.37. The third kappa shape index (κ3) is 5.43. The predicted molar refractivity (Wildman–Crippen MR) is 96.9 cm³/mol. The van der Waals surface area contributed by atoms with Crippen molar-refractivity contribution in [3.8, 4) is 0 Å². The maximum absolute atomic E-state index is 11.9. The first-order valence-electron chi connectivity index (χ1n) is 8.03. The van der Waals surface area contributed by atoms with Gasteiger partial charge in [0.15, 0.2) is 0 Å². The lowest BCUT2D eigenvalue weighted by molar-refractivity contribution is -0.119. The molecule has 0 unspecified atom stereocenters.